The van der Waals surface area contributed by atoms with E-state index in [1.54, 1.807) is 0 Å². The highest BCUT2D eigenvalue weighted by atomic mass is 32.2. The second kappa shape index (κ2) is 5.72. The molecule has 0 unspecified atom stereocenters. The number of halogens is 1. The summed E-state index contributed by atoms with van der Waals surface area (Å²) >= 11 is 1.11. The predicted molar refractivity (Wildman–Crippen MR) is 60.0 cm³/mol. The van der Waals surface area contributed by atoms with E-state index in [0.29, 0.717) is 5.75 Å². The summed E-state index contributed by atoms with van der Waals surface area (Å²) in [6.45, 7) is -0.0674. The van der Waals surface area contributed by atoms with Crippen molar-refractivity contribution in [3.63, 3.8) is 0 Å². The lowest BCUT2D eigenvalue weighted by molar-refractivity contribution is 0.0601. The molecule has 0 aliphatic rings. The quantitative estimate of drug-likeness (QED) is 0.475. The number of nitrogens with two attached hydrogens (primary N) is 1. The van der Waals surface area contributed by atoms with Crippen molar-refractivity contribution in [3.8, 4) is 0 Å². The van der Waals surface area contributed by atoms with E-state index in [4.69, 9.17) is 10.8 Å². The van der Waals surface area contributed by atoms with Crippen LogP contribution in [0.5, 0.6) is 0 Å². The highest BCUT2D eigenvalue weighted by molar-refractivity contribution is 7.99. The first-order valence-corrected chi connectivity index (χ1v) is 5.49. The van der Waals surface area contributed by atoms with Crippen molar-refractivity contribution in [3.05, 3.63) is 23.5 Å². The van der Waals surface area contributed by atoms with Gasteiger partial charge in [0.15, 0.2) is 0 Å². The summed E-state index contributed by atoms with van der Waals surface area (Å²) in [5.41, 5.74) is 5.66. The molecule has 4 nitrogen and oxygen atoms in total. The van der Waals surface area contributed by atoms with Crippen LogP contribution in [0.3, 0.4) is 0 Å². The topological polar surface area (TPSA) is 72.5 Å². The molecule has 0 aliphatic carbocycles. The number of aliphatic hydroxyl groups is 1. The summed E-state index contributed by atoms with van der Waals surface area (Å²) in [7, 11) is 1.23. The van der Waals surface area contributed by atoms with Gasteiger partial charge in [0.1, 0.15) is 5.82 Å². The van der Waals surface area contributed by atoms with Crippen LogP contribution >= 0.6 is 11.8 Å². The SMILES string of the molecule is COC(=O)c1cc(SCCO)c(F)cc1N. The van der Waals surface area contributed by atoms with Crippen LogP contribution in [0.15, 0.2) is 17.0 Å². The van der Waals surface area contributed by atoms with Gasteiger partial charge in [-0.15, -0.1) is 11.8 Å². The molecule has 0 radical (unpaired) electrons. The molecule has 0 saturated carbocycles. The molecule has 88 valence electrons. The van der Waals surface area contributed by atoms with Gasteiger partial charge in [0.2, 0.25) is 0 Å². The molecule has 0 spiro atoms. The van der Waals surface area contributed by atoms with Gasteiger partial charge < -0.3 is 15.6 Å². The van der Waals surface area contributed by atoms with Crippen molar-refractivity contribution < 1.29 is 19.0 Å². The molecule has 0 atom stereocenters. The Morgan fingerprint density at radius 2 is 2.31 bits per heavy atom. The van der Waals surface area contributed by atoms with Crippen LogP contribution in [0.25, 0.3) is 0 Å². The van der Waals surface area contributed by atoms with Gasteiger partial charge in [-0.25, -0.2) is 9.18 Å². The molecule has 0 bridgehead atoms. The first-order chi connectivity index (χ1) is 7.60. The molecule has 16 heavy (non-hydrogen) atoms. The van der Waals surface area contributed by atoms with Crippen LogP contribution in [0, 0.1) is 5.82 Å². The molecule has 3 N–H and O–H groups in total. The Hall–Kier alpha value is -1.27. The van der Waals surface area contributed by atoms with Crippen molar-refractivity contribution in [2.24, 2.45) is 0 Å². The fourth-order valence-electron chi connectivity index (χ4n) is 1.12. The Morgan fingerprint density at radius 3 is 2.88 bits per heavy atom. The fraction of sp³-hybridized carbons (Fsp3) is 0.300. The number of benzene rings is 1. The number of rotatable bonds is 4. The Morgan fingerprint density at radius 1 is 1.62 bits per heavy atom. The van der Waals surface area contributed by atoms with Crippen molar-refractivity contribution >= 4 is 23.4 Å². The van der Waals surface area contributed by atoms with E-state index in [0.717, 1.165) is 17.8 Å². The minimum Gasteiger partial charge on any atom is -0.465 e. The molecule has 6 heteroatoms. The van der Waals surface area contributed by atoms with Gasteiger partial charge in [0, 0.05) is 16.3 Å². The summed E-state index contributed by atoms with van der Waals surface area (Å²) in [6, 6.07) is 2.41. The maximum Gasteiger partial charge on any atom is 0.339 e. The van der Waals surface area contributed by atoms with E-state index >= 15 is 0 Å². The van der Waals surface area contributed by atoms with Gasteiger partial charge in [0.25, 0.3) is 0 Å². The number of hydrogen-bond acceptors (Lipinski definition) is 5. The van der Waals surface area contributed by atoms with Crippen LogP contribution in [0.1, 0.15) is 10.4 Å². The van der Waals surface area contributed by atoms with E-state index in [1.165, 1.54) is 13.2 Å². The van der Waals surface area contributed by atoms with Gasteiger partial charge >= 0.3 is 5.97 Å². The minimum atomic E-state index is -0.608. The molecular formula is C10H12FNO3S. The van der Waals surface area contributed by atoms with Gasteiger partial charge in [-0.1, -0.05) is 0 Å². The smallest absolute Gasteiger partial charge is 0.339 e. The van der Waals surface area contributed by atoms with Crippen LogP contribution in [-0.2, 0) is 4.74 Å². The first-order valence-electron chi connectivity index (χ1n) is 4.51. The van der Waals surface area contributed by atoms with Gasteiger partial charge in [-0.3, -0.25) is 0 Å². The number of aliphatic hydroxyl groups excluding tert-OH is 1. The third-order valence-electron chi connectivity index (χ3n) is 1.86. The van der Waals surface area contributed by atoms with E-state index in [-0.39, 0.29) is 22.8 Å². The lowest BCUT2D eigenvalue weighted by Gasteiger charge is -2.07. The number of nitrogen functional groups attached to an aromatic ring is 1. The molecule has 1 rings (SSSR count). The molecule has 0 aromatic heterocycles. The van der Waals surface area contributed by atoms with Crippen LogP contribution in [-0.4, -0.2) is 30.5 Å². The zero-order valence-corrected chi connectivity index (χ0v) is 9.51. The van der Waals surface area contributed by atoms with Crippen molar-refractivity contribution in [2.75, 3.05) is 25.2 Å². The highest BCUT2D eigenvalue weighted by Crippen LogP contribution is 2.26. The minimum absolute atomic E-state index is 0.0395. The van der Waals surface area contributed by atoms with Gasteiger partial charge in [-0.05, 0) is 12.1 Å². The average molecular weight is 245 g/mol. The molecule has 0 fully saturated rings. The molecule has 1 aromatic rings. The van der Waals surface area contributed by atoms with Crippen molar-refractivity contribution in [1.29, 1.82) is 0 Å². The number of anilines is 1. The van der Waals surface area contributed by atoms with E-state index in [1.807, 2.05) is 0 Å². The maximum absolute atomic E-state index is 13.4. The monoisotopic (exact) mass is 245 g/mol. The summed E-state index contributed by atoms with van der Waals surface area (Å²) in [5, 5.41) is 8.64. The number of methoxy groups -OCH3 is 1. The largest absolute Gasteiger partial charge is 0.465 e. The molecule has 0 amide bonds. The number of carbonyl (C=O) groups is 1. The Kier molecular flexibility index (Phi) is 4.57. The van der Waals surface area contributed by atoms with Crippen LogP contribution in [0.2, 0.25) is 0 Å². The number of carbonyl (C=O) groups excluding carboxylic acids is 1. The first kappa shape index (κ1) is 12.8. The standard InChI is InChI=1S/C10H12FNO3S/c1-15-10(14)6-4-9(16-3-2-13)7(11)5-8(6)12/h4-5,13H,2-3,12H2,1H3. The van der Waals surface area contributed by atoms with Crippen LogP contribution in [0.4, 0.5) is 10.1 Å². The van der Waals surface area contributed by atoms with E-state index < -0.39 is 11.8 Å². The van der Waals surface area contributed by atoms with E-state index in [2.05, 4.69) is 4.74 Å². The average Bonchev–Trinajstić information content (AvgIpc) is 2.27. The number of thioether (sulfide) groups is 1. The van der Waals surface area contributed by atoms with Crippen molar-refractivity contribution in [1.82, 2.24) is 0 Å². The lowest BCUT2D eigenvalue weighted by Crippen LogP contribution is -2.06. The fourth-order valence-corrected chi connectivity index (χ4v) is 1.83. The second-order valence-corrected chi connectivity index (χ2v) is 4.07. The van der Waals surface area contributed by atoms with E-state index in [9.17, 15) is 9.18 Å². The predicted octanol–water partition coefficient (Wildman–Crippen LogP) is 1.28. The summed E-state index contributed by atoms with van der Waals surface area (Å²) in [5.74, 6) is -0.770. The molecule has 1 aromatic carbocycles. The Bertz CT molecular complexity index is 398. The lowest BCUT2D eigenvalue weighted by atomic mass is 10.2. The highest BCUT2D eigenvalue weighted by Gasteiger charge is 2.14. The van der Waals surface area contributed by atoms with Crippen molar-refractivity contribution in [2.45, 2.75) is 4.90 Å². The maximum atomic E-state index is 13.4. The van der Waals surface area contributed by atoms with Gasteiger partial charge in [0.05, 0.1) is 19.3 Å². The number of esters is 1. The molecule has 0 heterocycles. The third kappa shape index (κ3) is 2.86. The molecule has 0 aliphatic heterocycles. The third-order valence-corrected chi connectivity index (χ3v) is 2.87. The molecular weight excluding hydrogens is 233 g/mol. The zero-order chi connectivity index (χ0) is 12.1. The Balaban J connectivity index is 3.06. The molecule has 0 saturated heterocycles. The normalized spacial score (nSPS) is 10.2. The Labute approximate surface area is 96.6 Å². The van der Waals surface area contributed by atoms with Gasteiger partial charge in [-0.2, -0.15) is 0 Å². The second-order valence-electron chi connectivity index (χ2n) is 2.93. The summed E-state index contributed by atoms with van der Waals surface area (Å²) in [4.78, 5) is 11.6. The summed E-state index contributed by atoms with van der Waals surface area (Å²) < 4.78 is 17.9. The zero-order valence-electron chi connectivity index (χ0n) is 8.70. The number of hydrogen-bond donors (Lipinski definition) is 2. The number of ether oxygens (including phenoxy) is 1. The summed E-state index contributed by atoms with van der Waals surface area (Å²) in [6.07, 6.45) is 0. The van der Waals surface area contributed by atoms with Crippen LogP contribution < -0.4 is 5.73 Å².